The first-order chi connectivity index (χ1) is 16.0. The maximum Gasteiger partial charge on any atom is 0.255 e. The molecule has 1 aliphatic rings. The van der Waals surface area contributed by atoms with Gasteiger partial charge in [0.25, 0.3) is 11.8 Å². The van der Waals surface area contributed by atoms with Crippen molar-refractivity contribution in [2.24, 2.45) is 0 Å². The van der Waals surface area contributed by atoms with Gasteiger partial charge in [-0.15, -0.1) is 0 Å². The van der Waals surface area contributed by atoms with E-state index in [0.717, 1.165) is 16.8 Å². The Morgan fingerprint density at radius 1 is 0.939 bits per heavy atom. The van der Waals surface area contributed by atoms with Gasteiger partial charge in [0.1, 0.15) is 5.75 Å². The molecule has 0 spiro atoms. The molecule has 6 nitrogen and oxygen atoms in total. The lowest BCUT2D eigenvalue weighted by molar-refractivity contribution is 0.0746. The average Bonchev–Trinajstić information content (AvgIpc) is 2.84. The first kappa shape index (κ1) is 22.7. The normalized spacial score (nSPS) is 13.5. The molecule has 4 rings (SSSR count). The lowest BCUT2D eigenvalue weighted by Gasteiger charge is -2.36. The van der Waals surface area contributed by atoms with E-state index in [9.17, 15) is 9.59 Å². The number of ether oxygens (including phenoxy) is 1. The van der Waals surface area contributed by atoms with Crippen molar-refractivity contribution in [2.75, 3.05) is 43.5 Å². The highest BCUT2D eigenvalue weighted by atomic mass is 35.5. The number of nitrogens with zero attached hydrogens (tertiary/aromatic N) is 2. The number of piperazine rings is 1. The molecule has 0 aliphatic carbocycles. The molecule has 2 amide bonds. The van der Waals surface area contributed by atoms with Crippen molar-refractivity contribution in [3.05, 3.63) is 88.4 Å². The van der Waals surface area contributed by atoms with E-state index in [4.69, 9.17) is 16.3 Å². The number of aryl methyl sites for hydroxylation is 1. The molecule has 1 aliphatic heterocycles. The van der Waals surface area contributed by atoms with E-state index < -0.39 is 0 Å². The first-order valence-corrected chi connectivity index (χ1v) is 11.2. The largest absolute Gasteiger partial charge is 0.497 e. The molecule has 0 bridgehead atoms. The van der Waals surface area contributed by atoms with Gasteiger partial charge in [0, 0.05) is 43.0 Å². The Morgan fingerprint density at radius 2 is 1.64 bits per heavy atom. The summed E-state index contributed by atoms with van der Waals surface area (Å²) >= 11 is 6.56. The molecule has 1 N–H and O–H groups in total. The molecular weight excluding hydrogens is 438 g/mol. The summed E-state index contributed by atoms with van der Waals surface area (Å²) in [5.41, 5.74) is 3.78. The fraction of sp³-hybridized carbons (Fsp3) is 0.231. The minimum absolute atomic E-state index is 0.0652. The predicted molar refractivity (Wildman–Crippen MR) is 132 cm³/mol. The summed E-state index contributed by atoms with van der Waals surface area (Å²) in [6.45, 7) is 4.58. The van der Waals surface area contributed by atoms with Gasteiger partial charge < -0.3 is 19.9 Å². The first-order valence-electron chi connectivity index (χ1n) is 10.8. The van der Waals surface area contributed by atoms with Crippen molar-refractivity contribution in [3.8, 4) is 5.75 Å². The molecule has 0 aromatic heterocycles. The van der Waals surface area contributed by atoms with Gasteiger partial charge in [-0.25, -0.2) is 0 Å². The Hall–Kier alpha value is -3.51. The number of amides is 2. The topological polar surface area (TPSA) is 61.9 Å². The maximum atomic E-state index is 12.9. The second kappa shape index (κ2) is 9.96. The Kier molecular flexibility index (Phi) is 6.84. The number of hydrogen-bond acceptors (Lipinski definition) is 4. The summed E-state index contributed by atoms with van der Waals surface area (Å²) in [6, 6.07) is 20.1. The summed E-state index contributed by atoms with van der Waals surface area (Å²) in [4.78, 5) is 29.4. The Bertz CT molecular complexity index is 1160. The number of carbonyl (C=O) groups is 2. The van der Waals surface area contributed by atoms with Crippen LogP contribution in [0.5, 0.6) is 5.75 Å². The fourth-order valence-corrected chi connectivity index (χ4v) is 4.22. The van der Waals surface area contributed by atoms with Gasteiger partial charge >= 0.3 is 0 Å². The number of rotatable bonds is 5. The smallest absolute Gasteiger partial charge is 0.255 e. The van der Waals surface area contributed by atoms with Crippen molar-refractivity contribution in [2.45, 2.75) is 6.92 Å². The third-order valence-electron chi connectivity index (χ3n) is 5.84. The molecule has 0 unspecified atom stereocenters. The summed E-state index contributed by atoms with van der Waals surface area (Å²) < 4.78 is 5.13. The number of halogens is 1. The lowest BCUT2D eigenvalue weighted by Crippen LogP contribution is -2.49. The molecule has 1 saturated heterocycles. The summed E-state index contributed by atoms with van der Waals surface area (Å²) in [5, 5.41) is 3.43. The molecule has 0 radical (unpaired) electrons. The zero-order valence-electron chi connectivity index (χ0n) is 18.7. The third kappa shape index (κ3) is 5.12. The third-order valence-corrected chi connectivity index (χ3v) is 6.14. The van der Waals surface area contributed by atoms with Crippen molar-refractivity contribution in [1.29, 1.82) is 0 Å². The van der Waals surface area contributed by atoms with Crippen molar-refractivity contribution >= 4 is 34.8 Å². The molecule has 3 aromatic rings. The Labute approximate surface area is 198 Å². The lowest BCUT2D eigenvalue weighted by atomic mass is 10.1. The SMILES string of the molecule is COc1ccc(C(=O)Nc2ccc(N3CCN(C(=O)c4ccccc4C)CC3)c(Cl)c2)cc1. The van der Waals surface area contributed by atoms with Gasteiger partial charge in [0.2, 0.25) is 0 Å². The minimum Gasteiger partial charge on any atom is -0.497 e. The fourth-order valence-electron chi connectivity index (χ4n) is 3.92. The van der Waals surface area contributed by atoms with E-state index in [2.05, 4.69) is 10.2 Å². The van der Waals surface area contributed by atoms with Crippen LogP contribution in [-0.2, 0) is 0 Å². The van der Waals surface area contributed by atoms with Crippen LogP contribution in [0.15, 0.2) is 66.7 Å². The van der Waals surface area contributed by atoms with Gasteiger partial charge in [0.05, 0.1) is 17.8 Å². The van der Waals surface area contributed by atoms with Crippen LogP contribution in [0.3, 0.4) is 0 Å². The highest BCUT2D eigenvalue weighted by molar-refractivity contribution is 6.33. The zero-order chi connectivity index (χ0) is 23.4. The van der Waals surface area contributed by atoms with Crippen LogP contribution in [0.1, 0.15) is 26.3 Å². The second-order valence-corrected chi connectivity index (χ2v) is 8.35. The minimum atomic E-state index is -0.218. The average molecular weight is 464 g/mol. The monoisotopic (exact) mass is 463 g/mol. The number of hydrogen-bond donors (Lipinski definition) is 1. The molecule has 0 atom stereocenters. The Balaban J connectivity index is 1.38. The standard InChI is InChI=1S/C26H26ClN3O3/c1-18-5-3-4-6-22(18)26(32)30-15-13-29(14-16-30)24-12-9-20(17-23(24)27)28-25(31)19-7-10-21(33-2)11-8-19/h3-12,17H,13-16H2,1-2H3,(H,28,31). The van der Waals surface area contributed by atoms with Gasteiger partial charge in [-0.1, -0.05) is 29.8 Å². The van der Waals surface area contributed by atoms with Gasteiger partial charge in [-0.05, 0) is 61.0 Å². The zero-order valence-corrected chi connectivity index (χ0v) is 19.4. The number of carbonyl (C=O) groups excluding carboxylic acids is 2. The molecule has 1 fully saturated rings. The second-order valence-electron chi connectivity index (χ2n) is 7.94. The molecule has 3 aromatic carbocycles. The highest BCUT2D eigenvalue weighted by Gasteiger charge is 2.24. The molecular formula is C26H26ClN3O3. The quantitative estimate of drug-likeness (QED) is 0.586. The molecule has 1 heterocycles. The molecule has 33 heavy (non-hydrogen) atoms. The van der Waals surface area contributed by atoms with Crippen LogP contribution < -0.4 is 15.0 Å². The number of anilines is 2. The summed E-state index contributed by atoms with van der Waals surface area (Å²) in [5.74, 6) is 0.542. The van der Waals surface area contributed by atoms with Crippen LogP contribution >= 0.6 is 11.6 Å². The van der Waals surface area contributed by atoms with Crippen molar-refractivity contribution in [3.63, 3.8) is 0 Å². The Morgan fingerprint density at radius 3 is 2.27 bits per heavy atom. The van der Waals surface area contributed by atoms with Crippen LogP contribution in [0.2, 0.25) is 5.02 Å². The van der Waals surface area contributed by atoms with Crippen molar-refractivity contribution < 1.29 is 14.3 Å². The van der Waals surface area contributed by atoms with E-state index in [1.165, 1.54) is 0 Å². The maximum absolute atomic E-state index is 12.9. The van der Waals surface area contributed by atoms with Crippen LogP contribution in [0, 0.1) is 6.92 Å². The number of benzene rings is 3. The van der Waals surface area contributed by atoms with E-state index in [-0.39, 0.29) is 11.8 Å². The van der Waals surface area contributed by atoms with E-state index in [0.29, 0.717) is 48.2 Å². The number of nitrogens with one attached hydrogen (secondary N) is 1. The van der Waals surface area contributed by atoms with Crippen LogP contribution in [0.4, 0.5) is 11.4 Å². The number of methoxy groups -OCH3 is 1. The molecule has 0 saturated carbocycles. The summed E-state index contributed by atoms with van der Waals surface area (Å²) in [6.07, 6.45) is 0. The van der Waals surface area contributed by atoms with Gasteiger partial charge in [0.15, 0.2) is 0 Å². The van der Waals surface area contributed by atoms with E-state index >= 15 is 0 Å². The van der Waals surface area contributed by atoms with E-state index in [1.54, 1.807) is 37.4 Å². The van der Waals surface area contributed by atoms with Crippen LogP contribution in [-0.4, -0.2) is 50.0 Å². The van der Waals surface area contributed by atoms with Gasteiger partial charge in [-0.3, -0.25) is 9.59 Å². The molecule has 7 heteroatoms. The van der Waals surface area contributed by atoms with Gasteiger partial charge in [-0.2, -0.15) is 0 Å². The summed E-state index contributed by atoms with van der Waals surface area (Å²) in [7, 11) is 1.58. The molecule has 170 valence electrons. The van der Waals surface area contributed by atoms with E-state index in [1.807, 2.05) is 48.2 Å². The highest BCUT2D eigenvalue weighted by Crippen LogP contribution is 2.30. The van der Waals surface area contributed by atoms with Crippen molar-refractivity contribution in [1.82, 2.24) is 4.90 Å². The predicted octanol–water partition coefficient (Wildman–Crippen LogP) is 4.87. The van der Waals surface area contributed by atoms with Crippen LogP contribution in [0.25, 0.3) is 0 Å².